The highest BCUT2D eigenvalue weighted by molar-refractivity contribution is 5.90. The molecule has 2 amide bonds. The van der Waals surface area contributed by atoms with Crippen LogP contribution < -0.4 is 5.32 Å². The predicted molar refractivity (Wildman–Crippen MR) is 118 cm³/mol. The van der Waals surface area contributed by atoms with E-state index in [2.05, 4.69) is 16.3 Å². The number of carbonyl (C=O) groups excluding carboxylic acids is 1. The van der Waals surface area contributed by atoms with Crippen molar-refractivity contribution >= 4 is 11.7 Å². The van der Waals surface area contributed by atoms with Crippen molar-refractivity contribution in [2.75, 3.05) is 31.5 Å². The number of amides is 2. The largest absolute Gasteiger partial charge is 0.441 e. The first-order valence-corrected chi connectivity index (χ1v) is 10.4. The van der Waals surface area contributed by atoms with Gasteiger partial charge in [0.2, 0.25) is 5.89 Å². The molecule has 0 spiro atoms. The molecule has 0 radical (unpaired) electrons. The van der Waals surface area contributed by atoms with Crippen LogP contribution in [0.5, 0.6) is 0 Å². The fourth-order valence-electron chi connectivity index (χ4n) is 3.66. The van der Waals surface area contributed by atoms with Crippen LogP contribution in [0.1, 0.15) is 22.6 Å². The van der Waals surface area contributed by atoms with Gasteiger partial charge in [-0.15, -0.1) is 0 Å². The summed E-state index contributed by atoms with van der Waals surface area (Å²) in [6.45, 7) is 9.75. The first-order valence-electron chi connectivity index (χ1n) is 10.4. The van der Waals surface area contributed by atoms with Crippen molar-refractivity contribution in [3.05, 3.63) is 71.1 Å². The van der Waals surface area contributed by atoms with Gasteiger partial charge >= 0.3 is 6.03 Å². The third-order valence-electron chi connectivity index (χ3n) is 5.58. The van der Waals surface area contributed by atoms with E-state index in [1.54, 1.807) is 0 Å². The average molecular weight is 405 g/mol. The summed E-state index contributed by atoms with van der Waals surface area (Å²) in [6.07, 6.45) is 0. The first-order chi connectivity index (χ1) is 14.5. The Morgan fingerprint density at radius 2 is 1.77 bits per heavy atom. The Morgan fingerprint density at radius 3 is 2.50 bits per heavy atom. The van der Waals surface area contributed by atoms with Gasteiger partial charge in [-0.2, -0.15) is 0 Å². The topological polar surface area (TPSA) is 61.6 Å². The highest BCUT2D eigenvalue weighted by Crippen LogP contribution is 2.23. The molecule has 3 aromatic rings. The standard InChI is InChI=1S/C24H28N4O2/c1-17-9-10-18(2)21(15-17)26-24(29)28-13-11-27(12-14-28)16-22-19(3)30-23(25-22)20-7-5-4-6-8-20/h4-10,15H,11-14,16H2,1-3H3,(H,26,29). The Hall–Kier alpha value is -3.12. The molecule has 2 aromatic carbocycles. The van der Waals surface area contributed by atoms with E-state index >= 15 is 0 Å². The van der Waals surface area contributed by atoms with E-state index in [4.69, 9.17) is 9.40 Å². The molecular formula is C24H28N4O2. The number of urea groups is 1. The van der Waals surface area contributed by atoms with Crippen LogP contribution in [0.3, 0.4) is 0 Å². The Labute approximate surface area is 177 Å². The second kappa shape index (κ2) is 8.71. The third-order valence-corrected chi connectivity index (χ3v) is 5.58. The molecule has 1 aliphatic heterocycles. The molecule has 0 atom stereocenters. The number of aryl methyl sites for hydroxylation is 3. The van der Waals surface area contributed by atoms with Gasteiger partial charge in [0.25, 0.3) is 0 Å². The first kappa shape index (κ1) is 20.2. The van der Waals surface area contributed by atoms with E-state index in [9.17, 15) is 4.79 Å². The summed E-state index contributed by atoms with van der Waals surface area (Å²) in [5.74, 6) is 1.51. The van der Waals surface area contributed by atoms with Crippen LogP contribution in [0.4, 0.5) is 10.5 Å². The van der Waals surface area contributed by atoms with Gasteiger partial charge in [-0.05, 0) is 50.1 Å². The predicted octanol–water partition coefficient (Wildman–Crippen LogP) is 4.62. The lowest BCUT2D eigenvalue weighted by molar-refractivity contribution is 0.141. The van der Waals surface area contributed by atoms with Crippen molar-refractivity contribution < 1.29 is 9.21 Å². The maximum atomic E-state index is 12.7. The van der Waals surface area contributed by atoms with Crippen LogP contribution in [0, 0.1) is 20.8 Å². The maximum absolute atomic E-state index is 12.7. The molecule has 1 N–H and O–H groups in total. The molecule has 1 saturated heterocycles. The van der Waals surface area contributed by atoms with Crippen molar-refractivity contribution in [2.45, 2.75) is 27.3 Å². The number of piperazine rings is 1. The van der Waals surface area contributed by atoms with E-state index in [0.29, 0.717) is 19.0 Å². The fraction of sp³-hybridized carbons (Fsp3) is 0.333. The number of benzene rings is 2. The molecule has 2 heterocycles. The summed E-state index contributed by atoms with van der Waals surface area (Å²) in [7, 11) is 0. The van der Waals surface area contributed by atoms with Crippen LogP contribution in [-0.2, 0) is 6.54 Å². The molecule has 156 valence electrons. The van der Waals surface area contributed by atoms with Gasteiger partial charge in [-0.25, -0.2) is 9.78 Å². The number of hydrogen-bond donors (Lipinski definition) is 1. The minimum absolute atomic E-state index is 0.0349. The smallest absolute Gasteiger partial charge is 0.321 e. The molecule has 1 fully saturated rings. The third kappa shape index (κ3) is 4.54. The summed E-state index contributed by atoms with van der Waals surface area (Å²) in [6, 6.07) is 16.0. The van der Waals surface area contributed by atoms with E-state index < -0.39 is 0 Å². The fourth-order valence-corrected chi connectivity index (χ4v) is 3.66. The van der Waals surface area contributed by atoms with E-state index in [0.717, 1.165) is 53.5 Å². The maximum Gasteiger partial charge on any atom is 0.321 e. The minimum Gasteiger partial charge on any atom is -0.441 e. The number of oxazole rings is 1. The zero-order valence-corrected chi connectivity index (χ0v) is 17.8. The SMILES string of the molecule is Cc1ccc(C)c(NC(=O)N2CCN(Cc3nc(-c4ccccc4)oc3C)CC2)c1. The van der Waals surface area contributed by atoms with Crippen molar-refractivity contribution in [1.29, 1.82) is 0 Å². The van der Waals surface area contributed by atoms with E-state index in [-0.39, 0.29) is 6.03 Å². The zero-order valence-electron chi connectivity index (χ0n) is 17.8. The quantitative estimate of drug-likeness (QED) is 0.689. The second-order valence-corrected chi connectivity index (χ2v) is 7.90. The van der Waals surface area contributed by atoms with Crippen LogP contribution in [0.15, 0.2) is 52.9 Å². The molecular weight excluding hydrogens is 376 g/mol. The van der Waals surface area contributed by atoms with Gasteiger partial charge in [-0.1, -0.05) is 30.3 Å². The molecule has 4 rings (SSSR count). The molecule has 1 aromatic heterocycles. The minimum atomic E-state index is -0.0349. The van der Waals surface area contributed by atoms with Crippen molar-refractivity contribution in [2.24, 2.45) is 0 Å². The van der Waals surface area contributed by atoms with Gasteiger partial charge in [0.1, 0.15) is 5.76 Å². The number of hydrogen-bond acceptors (Lipinski definition) is 4. The van der Waals surface area contributed by atoms with Gasteiger partial charge in [-0.3, -0.25) is 4.90 Å². The molecule has 30 heavy (non-hydrogen) atoms. The highest BCUT2D eigenvalue weighted by Gasteiger charge is 2.23. The molecule has 0 aliphatic carbocycles. The molecule has 0 unspecified atom stereocenters. The number of rotatable bonds is 4. The lowest BCUT2D eigenvalue weighted by atomic mass is 10.1. The monoisotopic (exact) mass is 404 g/mol. The summed E-state index contributed by atoms with van der Waals surface area (Å²) >= 11 is 0. The number of nitrogens with one attached hydrogen (secondary N) is 1. The average Bonchev–Trinajstić information content (AvgIpc) is 3.12. The lowest BCUT2D eigenvalue weighted by Gasteiger charge is -2.34. The van der Waals surface area contributed by atoms with Gasteiger partial charge < -0.3 is 14.6 Å². The molecule has 6 heteroatoms. The molecule has 0 saturated carbocycles. The normalized spacial score (nSPS) is 14.7. The zero-order chi connectivity index (χ0) is 21.1. The molecule has 6 nitrogen and oxygen atoms in total. The lowest BCUT2D eigenvalue weighted by Crippen LogP contribution is -2.49. The van der Waals surface area contributed by atoms with Crippen molar-refractivity contribution in [3.8, 4) is 11.5 Å². The number of nitrogens with zero attached hydrogens (tertiary/aromatic N) is 3. The van der Waals surface area contributed by atoms with Crippen LogP contribution in [-0.4, -0.2) is 47.0 Å². The van der Waals surface area contributed by atoms with Crippen LogP contribution in [0.2, 0.25) is 0 Å². The highest BCUT2D eigenvalue weighted by atomic mass is 16.4. The van der Waals surface area contributed by atoms with Gasteiger partial charge in [0, 0.05) is 44.0 Å². The van der Waals surface area contributed by atoms with Crippen molar-refractivity contribution in [1.82, 2.24) is 14.8 Å². The van der Waals surface area contributed by atoms with Gasteiger partial charge in [0.15, 0.2) is 0 Å². The van der Waals surface area contributed by atoms with Gasteiger partial charge in [0.05, 0.1) is 5.69 Å². The second-order valence-electron chi connectivity index (χ2n) is 7.90. The molecule has 1 aliphatic rings. The van der Waals surface area contributed by atoms with Crippen LogP contribution in [0.25, 0.3) is 11.5 Å². The number of anilines is 1. The Balaban J connectivity index is 1.33. The Bertz CT molecular complexity index is 1020. The summed E-state index contributed by atoms with van der Waals surface area (Å²) in [5.41, 5.74) is 5.04. The molecule has 0 bridgehead atoms. The van der Waals surface area contributed by atoms with Crippen LogP contribution >= 0.6 is 0 Å². The van der Waals surface area contributed by atoms with E-state index in [1.165, 1.54) is 0 Å². The van der Waals surface area contributed by atoms with Crippen molar-refractivity contribution in [3.63, 3.8) is 0 Å². The Kier molecular flexibility index (Phi) is 5.86. The van der Waals surface area contributed by atoms with E-state index in [1.807, 2.05) is 68.1 Å². The summed E-state index contributed by atoms with van der Waals surface area (Å²) in [5, 5.41) is 3.06. The number of carbonyl (C=O) groups is 1. The Morgan fingerprint density at radius 1 is 1.03 bits per heavy atom. The summed E-state index contributed by atoms with van der Waals surface area (Å²) < 4.78 is 5.88. The summed E-state index contributed by atoms with van der Waals surface area (Å²) in [4.78, 5) is 21.6. The number of aromatic nitrogens is 1.